The highest BCUT2D eigenvalue weighted by Crippen LogP contribution is 2.20. The van der Waals surface area contributed by atoms with E-state index in [0.717, 1.165) is 10.4 Å². The second-order valence-corrected chi connectivity index (χ2v) is 5.06. The molecule has 92 valence electrons. The molecule has 0 saturated heterocycles. The average Bonchev–Trinajstić information content (AvgIpc) is 2.73. The number of nitrogens with zero attached hydrogens (tertiary/aromatic N) is 1. The topological polar surface area (TPSA) is 42.0 Å². The zero-order chi connectivity index (χ0) is 13.0. The Kier molecular flexibility index (Phi) is 3.89. The van der Waals surface area contributed by atoms with Crippen LogP contribution in [0.4, 0.5) is 5.13 Å². The maximum Gasteiger partial charge on any atom is 0.223 e. The van der Waals surface area contributed by atoms with Gasteiger partial charge in [0.2, 0.25) is 5.91 Å². The number of hydrogen-bond donors (Lipinski definition) is 1. The lowest BCUT2D eigenvalue weighted by Crippen LogP contribution is -2.04. The monoisotopic (exact) mass is 258 g/mol. The molecule has 1 N–H and O–H groups in total. The van der Waals surface area contributed by atoms with Crippen molar-refractivity contribution in [2.75, 3.05) is 5.32 Å². The van der Waals surface area contributed by atoms with E-state index >= 15 is 0 Å². The third-order valence-electron chi connectivity index (χ3n) is 2.29. The summed E-state index contributed by atoms with van der Waals surface area (Å²) in [5, 5.41) is 3.30. The van der Waals surface area contributed by atoms with Gasteiger partial charge < -0.3 is 5.32 Å². The summed E-state index contributed by atoms with van der Waals surface area (Å²) in [5.41, 5.74) is 2.39. The maximum atomic E-state index is 10.9. The predicted molar refractivity (Wildman–Crippen MR) is 76.5 cm³/mol. The lowest BCUT2D eigenvalue weighted by atomic mass is 10.1. The normalized spacial score (nSPS) is 10.8. The molecule has 1 amide bonds. The van der Waals surface area contributed by atoms with Gasteiger partial charge in [0.05, 0.1) is 0 Å². The van der Waals surface area contributed by atoms with Crippen molar-refractivity contribution in [1.29, 1.82) is 0 Å². The first-order valence-electron chi connectivity index (χ1n) is 5.61. The molecule has 4 heteroatoms. The van der Waals surface area contributed by atoms with Crippen molar-refractivity contribution in [2.45, 2.75) is 13.8 Å². The minimum absolute atomic E-state index is 0.0986. The molecule has 0 atom stereocenters. The number of carbonyl (C=O) groups is 1. The number of nitrogens with one attached hydrogen (secondary N) is 1. The zero-order valence-electron chi connectivity index (χ0n) is 10.3. The molecule has 2 aromatic rings. The fourth-order valence-electron chi connectivity index (χ4n) is 1.52. The van der Waals surface area contributed by atoms with Gasteiger partial charge in [-0.3, -0.25) is 4.79 Å². The van der Waals surface area contributed by atoms with Crippen molar-refractivity contribution >= 4 is 34.5 Å². The lowest BCUT2D eigenvalue weighted by molar-refractivity contribution is -0.114. The van der Waals surface area contributed by atoms with Crippen molar-refractivity contribution in [2.24, 2.45) is 0 Å². The van der Waals surface area contributed by atoms with Crippen molar-refractivity contribution in [3.8, 4) is 0 Å². The van der Waals surface area contributed by atoms with Crippen LogP contribution in [0.1, 0.15) is 22.9 Å². The Morgan fingerprint density at radius 3 is 2.94 bits per heavy atom. The third kappa shape index (κ3) is 3.53. The van der Waals surface area contributed by atoms with E-state index < -0.39 is 0 Å². The maximum absolute atomic E-state index is 10.9. The smallest absolute Gasteiger partial charge is 0.223 e. The lowest BCUT2D eigenvalue weighted by Gasteiger charge is -1.94. The van der Waals surface area contributed by atoms with Gasteiger partial charge in [0.1, 0.15) is 0 Å². The molecular formula is C14H14N2OS. The summed E-state index contributed by atoms with van der Waals surface area (Å²) in [4.78, 5) is 16.0. The van der Waals surface area contributed by atoms with Crippen molar-refractivity contribution in [3.05, 3.63) is 46.5 Å². The molecular weight excluding hydrogens is 244 g/mol. The fraction of sp³-hybridized carbons (Fsp3) is 0.143. The highest BCUT2D eigenvalue weighted by molar-refractivity contribution is 7.16. The van der Waals surface area contributed by atoms with Crippen LogP contribution >= 0.6 is 11.3 Å². The number of rotatable bonds is 3. The number of aryl methyl sites for hydroxylation is 1. The Balaban J connectivity index is 2.09. The van der Waals surface area contributed by atoms with Crippen LogP contribution in [0.5, 0.6) is 0 Å². The number of anilines is 1. The van der Waals surface area contributed by atoms with Gasteiger partial charge in [-0.15, -0.1) is 0 Å². The standard InChI is InChI=1S/C14H14N2OS/c1-10-4-3-5-12(8-10)6-7-13-9-15-14(18-13)16-11(2)17/h3-9H,1-2H3,(H,15,16,17). The van der Waals surface area contributed by atoms with E-state index in [0.29, 0.717) is 5.13 Å². The van der Waals surface area contributed by atoms with Crippen LogP contribution in [0.15, 0.2) is 30.5 Å². The predicted octanol–water partition coefficient (Wildman–Crippen LogP) is 3.58. The summed E-state index contributed by atoms with van der Waals surface area (Å²) in [6, 6.07) is 8.27. The molecule has 0 aliphatic rings. The Bertz CT molecular complexity index is 587. The van der Waals surface area contributed by atoms with Crippen molar-refractivity contribution in [3.63, 3.8) is 0 Å². The molecule has 18 heavy (non-hydrogen) atoms. The number of hydrogen-bond acceptors (Lipinski definition) is 3. The van der Waals surface area contributed by atoms with Crippen LogP contribution in [0.2, 0.25) is 0 Å². The zero-order valence-corrected chi connectivity index (χ0v) is 11.1. The van der Waals surface area contributed by atoms with E-state index in [2.05, 4.69) is 35.4 Å². The van der Waals surface area contributed by atoms with Crippen LogP contribution < -0.4 is 5.32 Å². The van der Waals surface area contributed by atoms with E-state index in [9.17, 15) is 4.79 Å². The second-order valence-electron chi connectivity index (χ2n) is 4.00. The summed E-state index contributed by atoms with van der Waals surface area (Å²) in [7, 11) is 0. The molecule has 0 bridgehead atoms. The molecule has 0 saturated carbocycles. The van der Waals surface area contributed by atoms with Gasteiger partial charge in [-0.1, -0.05) is 47.2 Å². The van der Waals surface area contributed by atoms with E-state index in [-0.39, 0.29) is 5.91 Å². The van der Waals surface area contributed by atoms with Gasteiger partial charge >= 0.3 is 0 Å². The van der Waals surface area contributed by atoms with Gasteiger partial charge in [0, 0.05) is 18.0 Å². The van der Waals surface area contributed by atoms with E-state index in [1.165, 1.54) is 23.8 Å². The van der Waals surface area contributed by atoms with Crippen LogP contribution in [0.25, 0.3) is 12.2 Å². The number of thiazole rings is 1. The second kappa shape index (κ2) is 5.60. The summed E-state index contributed by atoms with van der Waals surface area (Å²) in [5.74, 6) is -0.0986. The number of amides is 1. The molecule has 0 radical (unpaired) electrons. The van der Waals surface area contributed by atoms with Gasteiger partial charge in [0.15, 0.2) is 5.13 Å². The third-order valence-corrected chi connectivity index (χ3v) is 3.17. The Morgan fingerprint density at radius 2 is 2.22 bits per heavy atom. The molecule has 0 fully saturated rings. The van der Waals surface area contributed by atoms with Gasteiger partial charge in [-0.25, -0.2) is 4.98 Å². The fourth-order valence-corrected chi connectivity index (χ4v) is 2.29. The highest BCUT2D eigenvalue weighted by atomic mass is 32.1. The molecule has 0 unspecified atom stereocenters. The SMILES string of the molecule is CC(=O)Nc1ncc(C=Cc2cccc(C)c2)s1. The molecule has 2 rings (SSSR count). The van der Waals surface area contributed by atoms with Crippen LogP contribution in [0, 0.1) is 6.92 Å². The van der Waals surface area contributed by atoms with E-state index in [1.54, 1.807) is 6.20 Å². The Hall–Kier alpha value is -1.94. The minimum atomic E-state index is -0.0986. The number of aromatic nitrogens is 1. The first-order chi connectivity index (χ1) is 8.63. The van der Waals surface area contributed by atoms with Crippen LogP contribution in [-0.4, -0.2) is 10.9 Å². The molecule has 0 aliphatic heterocycles. The first-order valence-corrected chi connectivity index (χ1v) is 6.43. The molecule has 3 nitrogen and oxygen atoms in total. The first kappa shape index (κ1) is 12.5. The largest absolute Gasteiger partial charge is 0.302 e. The summed E-state index contributed by atoms with van der Waals surface area (Å²) in [6.07, 6.45) is 5.79. The van der Waals surface area contributed by atoms with Crippen molar-refractivity contribution in [1.82, 2.24) is 4.98 Å². The molecule has 1 aromatic carbocycles. The Labute approximate surface area is 110 Å². The molecule has 0 spiro atoms. The van der Waals surface area contributed by atoms with Gasteiger partial charge in [0.25, 0.3) is 0 Å². The average molecular weight is 258 g/mol. The summed E-state index contributed by atoms with van der Waals surface area (Å²) < 4.78 is 0. The van der Waals surface area contributed by atoms with E-state index in [4.69, 9.17) is 0 Å². The van der Waals surface area contributed by atoms with E-state index in [1.807, 2.05) is 18.2 Å². The number of carbonyl (C=O) groups excluding carboxylic acids is 1. The van der Waals surface area contributed by atoms with Crippen molar-refractivity contribution < 1.29 is 4.79 Å². The van der Waals surface area contributed by atoms with Crippen LogP contribution in [0.3, 0.4) is 0 Å². The Morgan fingerprint density at radius 1 is 1.39 bits per heavy atom. The van der Waals surface area contributed by atoms with Gasteiger partial charge in [-0.2, -0.15) is 0 Å². The summed E-state index contributed by atoms with van der Waals surface area (Å²) in [6.45, 7) is 3.54. The molecule has 1 heterocycles. The quantitative estimate of drug-likeness (QED) is 0.914. The van der Waals surface area contributed by atoms with Crippen LogP contribution in [-0.2, 0) is 4.79 Å². The highest BCUT2D eigenvalue weighted by Gasteiger charge is 2.00. The molecule has 0 aliphatic carbocycles. The summed E-state index contributed by atoms with van der Waals surface area (Å²) >= 11 is 1.45. The minimum Gasteiger partial charge on any atom is -0.302 e. The number of benzene rings is 1. The van der Waals surface area contributed by atoms with Gasteiger partial charge in [-0.05, 0) is 18.6 Å². The molecule has 1 aromatic heterocycles.